The molecule has 98 valence electrons. The minimum absolute atomic E-state index is 0.109. The maximum atomic E-state index is 8.91. The summed E-state index contributed by atoms with van der Waals surface area (Å²) < 4.78 is 0.921. The average Bonchev–Trinajstić information content (AvgIpc) is 2.68. The summed E-state index contributed by atoms with van der Waals surface area (Å²) in [4.78, 5) is 2.33. The third kappa shape index (κ3) is 2.32. The zero-order chi connectivity index (χ0) is 13.3. The van der Waals surface area contributed by atoms with Crippen molar-refractivity contribution in [2.24, 2.45) is 10.9 Å². The average molecular weight is 312 g/mol. The van der Waals surface area contributed by atoms with Gasteiger partial charge in [-0.15, -0.1) is 0 Å². The van der Waals surface area contributed by atoms with Gasteiger partial charge in [-0.05, 0) is 44.9 Å². The molecule has 1 saturated heterocycles. The largest absolute Gasteiger partial charge is 0.409 e. The third-order valence-electron chi connectivity index (χ3n) is 3.53. The Bertz CT molecular complexity index is 485. The van der Waals surface area contributed by atoms with Crippen molar-refractivity contribution in [3.63, 3.8) is 0 Å². The van der Waals surface area contributed by atoms with Crippen molar-refractivity contribution in [3.8, 4) is 0 Å². The smallest absolute Gasteiger partial charge is 0.172 e. The molecule has 1 fully saturated rings. The minimum Gasteiger partial charge on any atom is -0.409 e. The van der Waals surface area contributed by atoms with Gasteiger partial charge in [0.15, 0.2) is 5.84 Å². The molecule has 0 unspecified atom stereocenters. The minimum atomic E-state index is 0.109. The van der Waals surface area contributed by atoms with E-state index in [0.717, 1.165) is 28.7 Å². The van der Waals surface area contributed by atoms with E-state index in [-0.39, 0.29) is 11.4 Å². The van der Waals surface area contributed by atoms with E-state index in [2.05, 4.69) is 39.8 Å². The first-order chi connectivity index (χ1) is 8.45. The lowest BCUT2D eigenvalue weighted by Gasteiger charge is -2.35. The second-order valence-corrected chi connectivity index (χ2v) is 6.13. The van der Waals surface area contributed by atoms with Gasteiger partial charge in [0.1, 0.15) is 0 Å². The molecule has 0 aromatic heterocycles. The number of benzene rings is 1. The zero-order valence-electron chi connectivity index (χ0n) is 10.7. The predicted octanol–water partition coefficient (Wildman–Crippen LogP) is 2.92. The summed E-state index contributed by atoms with van der Waals surface area (Å²) in [7, 11) is 0. The molecule has 0 bridgehead atoms. The van der Waals surface area contributed by atoms with Crippen molar-refractivity contribution in [1.82, 2.24) is 0 Å². The number of nitrogens with zero attached hydrogens (tertiary/aromatic N) is 2. The van der Waals surface area contributed by atoms with E-state index in [1.165, 1.54) is 6.42 Å². The standard InChI is InChI=1S/C13H18BrN3O/c1-13(2)6-3-7-17(13)11-5-4-9(14)8-10(11)12(15)16-18/h4-5,8,18H,3,6-7H2,1-2H3,(H2,15,16). The van der Waals surface area contributed by atoms with Gasteiger partial charge in [0.25, 0.3) is 0 Å². The highest BCUT2D eigenvalue weighted by Crippen LogP contribution is 2.36. The number of oxime groups is 1. The molecule has 5 heteroatoms. The Hall–Kier alpha value is -1.23. The highest BCUT2D eigenvalue weighted by atomic mass is 79.9. The summed E-state index contributed by atoms with van der Waals surface area (Å²) in [5.41, 5.74) is 7.67. The molecule has 1 heterocycles. The SMILES string of the molecule is CC1(C)CCCN1c1ccc(Br)cc1/C(N)=N/O. The van der Waals surface area contributed by atoms with Gasteiger partial charge in [-0.1, -0.05) is 21.1 Å². The fourth-order valence-electron chi connectivity index (χ4n) is 2.56. The molecule has 4 nitrogen and oxygen atoms in total. The first kappa shape index (κ1) is 13.2. The van der Waals surface area contributed by atoms with Crippen LogP contribution in [-0.4, -0.2) is 23.1 Å². The van der Waals surface area contributed by atoms with Gasteiger partial charge in [-0.25, -0.2) is 0 Å². The Morgan fingerprint density at radius 1 is 1.50 bits per heavy atom. The number of anilines is 1. The van der Waals surface area contributed by atoms with Crippen LogP contribution in [0.2, 0.25) is 0 Å². The van der Waals surface area contributed by atoms with Crippen molar-refractivity contribution in [3.05, 3.63) is 28.2 Å². The molecular weight excluding hydrogens is 294 g/mol. The van der Waals surface area contributed by atoms with Gasteiger partial charge >= 0.3 is 0 Å². The quantitative estimate of drug-likeness (QED) is 0.382. The van der Waals surface area contributed by atoms with Crippen LogP contribution < -0.4 is 10.6 Å². The molecule has 1 aliphatic rings. The van der Waals surface area contributed by atoms with Crippen LogP contribution in [0.1, 0.15) is 32.3 Å². The molecule has 0 saturated carbocycles. The zero-order valence-corrected chi connectivity index (χ0v) is 12.2. The van der Waals surface area contributed by atoms with Crippen molar-refractivity contribution in [2.45, 2.75) is 32.2 Å². The lowest BCUT2D eigenvalue weighted by Crippen LogP contribution is -2.39. The Morgan fingerprint density at radius 2 is 2.22 bits per heavy atom. The summed E-state index contributed by atoms with van der Waals surface area (Å²) in [6, 6.07) is 5.89. The molecule has 2 rings (SSSR count). The summed E-state index contributed by atoms with van der Waals surface area (Å²) in [6.07, 6.45) is 2.32. The monoisotopic (exact) mass is 311 g/mol. The Morgan fingerprint density at radius 3 is 2.78 bits per heavy atom. The molecule has 1 aliphatic heterocycles. The van der Waals surface area contributed by atoms with Gasteiger partial charge in [0.2, 0.25) is 0 Å². The topological polar surface area (TPSA) is 61.8 Å². The van der Waals surface area contributed by atoms with Crippen LogP contribution in [0.3, 0.4) is 0 Å². The Balaban J connectivity index is 2.51. The van der Waals surface area contributed by atoms with Crippen molar-refractivity contribution >= 4 is 27.5 Å². The van der Waals surface area contributed by atoms with Crippen LogP contribution in [0.4, 0.5) is 5.69 Å². The van der Waals surface area contributed by atoms with Crippen molar-refractivity contribution < 1.29 is 5.21 Å². The maximum absolute atomic E-state index is 8.91. The van der Waals surface area contributed by atoms with Gasteiger partial charge < -0.3 is 15.8 Å². The van der Waals surface area contributed by atoms with Gasteiger partial charge in [0.05, 0.1) is 0 Å². The predicted molar refractivity (Wildman–Crippen MR) is 77.3 cm³/mol. The molecule has 0 amide bonds. The number of halogens is 1. The molecule has 1 aromatic rings. The van der Waals surface area contributed by atoms with E-state index in [1.807, 2.05) is 18.2 Å². The van der Waals surface area contributed by atoms with Crippen LogP contribution in [0.5, 0.6) is 0 Å². The molecule has 0 aliphatic carbocycles. The van der Waals surface area contributed by atoms with Gasteiger partial charge in [0, 0.05) is 27.8 Å². The van der Waals surface area contributed by atoms with E-state index >= 15 is 0 Å². The molecule has 1 aromatic carbocycles. The highest BCUT2D eigenvalue weighted by Gasteiger charge is 2.33. The van der Waals surface area contributed by atoms with E-state index < -0.39 is 0 Å². The fourth-order valence-corrected chi connectivity index (χ4v) is 2.92. The lowest BCUT2D eigenvalue weighted by atomic mass is 10.0. The van der Waals surface area contributed by atoms with Crippen LogP contribution in [0.25, 0.3) is 0 Å². The molecule has 3 N–H and O–H groups in total. The highest BCUT2D eigenvalue weighted by molar-refractivity contribution is 9.10. The second kappa shape index (κ2) is 4.80. The van der Waals surface area contributed by atoms with Gasteiger partial charge in [-0.3, -0.25) is 0 Å². The third-order valence-corrected chi connectivity index (χ3v) is 4.03. The molecule has 0 radical (unpaired) electrons. The van der Waals surface area contributed by atoms with E-state index in [1.54, 1.807) is 0 Å². The summed E-state index contributed by atoms with van der Waals surface area (Å²) >= 11 is 3.42. The van der Waals surface area contributed by atoms with E-state index in [4.69, 9.17) is 10.9 Å². The molecule has 0 spiro atoms. The molecule has 0 atom stereocenters. The fraction of sp³-hybridized carbons (Fsp3) is 0.462. The molecule has 18 heavy (non-hydrogen) atoms. The lowest BCUT2D eigenvalue weighted by molar-refractivity contribution is 0.318. The number of nitrogens with two attached hydrogens (primary N) is 1. The van der Waals surface area contributed by atoms with Crippen molar-refractivity contribution in [2.75, 3.05) is 11.4 Å². The Labute approximate surface area is 116 Å². The van der Waals surface area contributed by atoms with Gasteiger partial charge in [-0.2, -0.15) is 0 Å². The first-order valence-electron chi connectivity index (χ1n) is 6.01. The van der Waals surface area contributed by atoms with Crippen LogP contribution >= 0.6 is 15.9 Å². The van der Waals surface area contributed by atoms with Crippen LogP contribution in [0, 0.1) is 0 Å². The summed E-state index contributed by atoms with van der Waals surface area (Å²) in [5.74, 6) is 0.147. The second-order valence-electron chi connectivity index (χ2n) is 5.21. The van der Waals surface area contributed by atoms with Crippen molar-refractivity contribution in [1.29, 1.82) is 0 Å². The maximum Gasteiger partial charge on any atom is 0.172 e. The first-order valence-corrected chi connectivity index (χ1v) is 6.80. The number of hydrogen-bond acceptors (Lipinski definition) is 3. The van der Waals surface area contributed by atoms with Crippen LogP contribution in [0.15, 0.2) is 27.8 Å². The summed E-state index contributed by atoms with van der Waals surface area (Å²) in [6.45, 7) is 5.44. The molecular formula is C13H18BrN3O. The van der Waals surface area contributed by atoms with Crippen LogP contribution in [-0.2, 0) is 0 Å². The normalized spacial score (nSPS) is 19.3. The van der Waals surface area contributed by atoms with E-state index in [0.29, 0.717) is 0 Å². The number of rotatable bonds is 2. The summed E-state index contributed by atoms with van der Waals surface area (Å²) in [5, 5.41) is 12.0. The number of amidine groups is 1. The number of hydrogen-bond donors (Lipinski definition) is 2. The Kier molecular flexibility index (Phi) is 3.52. The van der Waals surface area contributed by atoms with E-state index in [9.17, 15) is 0 Å².